The van der Waals surface area contributed by atoms with Gasteiger partial charge in [0.1, 0.15) is 15.6 Å². The van der Waals surface area contributed by atoms with Crippen LogP contribution in [0.15, 0.2) is 46.7 Å². The Morgan fingerprint density at radius 1 is 1.26 bits per heavy atom. The van der Waals surface area contributed by atoms with E-state index in [2.05, 4.69) is 4.72 Å². The van der Waals surface area contributed by atoms with E-state index in [0.717, 1.165) is 4.21 Å². The van der Waals surface area contributed by atoms with Gasteiger partial charge in [0.2, 0.25) is 0 Å². The lowest BCUT2D eigenvalue weighted by atomic mass is 10.1. The lowest BCUT2D eigenvalue weighted by Gasteiger charge is -2.08. The van der Waals surface area contributed by atoms with Gasteiger partial charge in [0.05, 0.1) is 17.9 Å². The van der Waals surface area contributed by atoms with Gasteiger partial charge in [0, 0.05) is 35.9 Å². The fourth-order valence-corrected chi connectivity index (χ4v) is 4.88. The molecule has 10 heteroatoms. The minimum atomic E-state index is -0.667. The minimum Gasteiger partial charge on any atom is -0.507 e. The van der Waals surface area contributed by atoms with Crippen LogP contribution >= 0.6 is 34.9 Å². The summed E-state index contributed by atoms with van der Waals surface area (Å²) in [7, 11) is 1.40. The van der Waals surface area contributed by atoms with Crippen molar-refractivity contribution in [2.24, 2.45) is 0 Å². The molecule has 0 amide bonds. The molecule has 0 spiro atoms. The van der Waals surface area contributed by atoms with Gasteiger partial charge in [-0.15, -0.1) is 11.3 Å². The molecule has 0 aliphatic heterocycles. The van der Waals surface area contributed by atoms with E-state index in [-0.39, 0.29) is 30.3 Å². The number of carbonyl (C=O) groups excluding carboxylic acids is 1. The number of nitrogens with one attached hydrogen (secondary N) is 1. The van der Waals surface area contributed by atoms with Crippen LogP contribution in [0.25, 0.3) is 11.1 Å². The minimum absolute atomic E-state index is 0.0310. The van der Waals surface area contributed by atoms with Gasteiger partial charge in [-0.1, -0.05) is 23.7 Å². The number of anilines is 1. The number of phenolic OH excluding ortho intramolecular Hbond substituents is 1. The highest BCUT2D eigenvalue weighted by Crippen LogP contribution is 2.42. The van der Waals surface area contributed by atoms with Crippen LogP contribution < -0.4 is 9.46 Å². The maximum Gasteiger partial charge on any atom is 0.341 e. The highest BCUT2D eigenvalue weighted by molar-refractivity contribution is 8.02. The summed E-state index contributed by atoms with van der Waals surface area (Å²) in [5, 5.41) is 18.9. The molecule has 0 unspecified atom stereocenters. The van der Waals surface area contributed by atoms with E-state index in [1.54, 1.807) is 24.3 Å². The maximum absolute atomic E-state index is 14.6. The first-order valence-corrected chi connectivity index (χ1v) is 11.1. The molecule has 31 heavy (non-hydrogen) atoms. The first kappa shape index (κ1) is 23.2. The van der Waals surface area contributed by atoms with E-state index in [1.807, 2.05) is 0 Å². The molecule has 2 aromatic carbocycles. The smallest absolute Gasteiger partial charge is 0.341 e. The number of rotatable bonds is 9. The van der Waals surface area contributed by atoms with Crippen LogP contribution in [-0.2, 0) is 4.74 Å². The van der Waals surface area contributed by atoms with Crippen LogP contribution in [0.1, 0.15) is 16.8 Å². The standard InChI is InChI=1S/C21H19ClFNO5S2/c1-28-17-5-2-4-13(19(17)23)15-11-18(30-20(15)22)31-24-12-6-7-14(16(26)10-12)21(27)29-9-3-8-25/h2,4-7,10-11,24-26H,3,8-9H2,1H3. The molecule has 0 aliphatic rings. The number of thiophene rings is 1. The van der Waals surface area contributed by atoms with Crippen molar-refractivity contribution in [1.82, 2.24) is 0 Å². The number of carbonyl (C=O) groups is 1. The third-order valence-electron chi connectivity index (χ3n) is 4.16. The fourth-order valence-electron chi connectivity index (χ4n) is 2.64. The largest absolute Gasteiger partial charge is 0.507 e. The number of aromatic hydroxyl groups is 1. The molecular formula is C21H19ClFNO5S2. The highest BCUT2D eigenvalue weighted by atomic mass is 35.5. The molecule has 1 aromatic heterocycles. The van der Waals surface area contributed by atoms with Crippen molar-refractivity contribution in [2.45, 2.75) is 10.6 Å². The van der Waals surface area contributed by atoms with Crippen molar-refractivity contribution in [1.29, 1.82) is 0 Å². The van der Waals surface area contributed by atoms with Gasteiger partial charge in [-0.2, -0.15) is 0 Å². The summed E-state index contributed by atoms with van der Waals surface area (Å²) in [5.74, 6) is -1.25. The Kier molecular flexibility index (Phi) is 8.03. The van der Waals surface area contributed by atoms with E-state index in [4.69, 9.17) is 26.2 Å². The number of hydrogen-bond acceptors (Lipinski definition) is 8. The summed E-state index contributed by atoms with van der Waals surface area (Å²) in [6.07, 6.45) is 0.327. The van der Waals surface area contributed by atoms with Gasteiger partial charge in [0.15, 0.2) is 11.6 Å². The van der Waals surface area contributed by atoms with E-state index >= 15 is 0 Å². The van der Waals surface area contributed by atoms with Crippen LogP contribution in [-0.4, -0.2) is 36.5 Å². The second-order valence-corrected chi connectivity index (χ2v) is 8.98. The maximum atomic E-state index is 14.6. The molecule has 164 valence electrons. The summed E-state index contributed by atoms with van der Waals surface area (Å²) in [6, 6.07) is 11.1. The molecule has 3 N–H and O–H groups in total. The van der Waals surface area contributed by atoms with Crippen molar-refractivity contribution in [3.63, 3.8) is 0 Å². The normalized spacial score (nSPS) is 10.7. The lowest BCUT2D eigenvalue weighted by Crippen LogP contribution is -2.07. The molecule has 3 rings (SSSR count). The number of ether oxygens (including phenoxy) is 2. The second-order valence-electron chi connectivity index (χ2n) is 6.22. The van der Waals surface area contributed by atoms with Gasteiger partial charge >= 0.3 is 5.97 Å². The second kappa shape index (κ2) is 10.7. The number of halogens is 2. The van der Waals surface area contributed by atoms with E-state index in [9.17, 15) is 14.3 Å². The number of phenols is 1. The molecule has 0 atom stereocenters. The van der Waals surface area contributed by atoms with Crippen LogP contribution in [0.5, 0.6) is 11.5 Å². The summed E-state index contributed by atoms with van der Waals surface area (Å²) in [6.45, 7) is -0.0156. The summed E-state index contributed by atoms with van der Waals surface area (Å²) in [5.41, 5.74) is 1.47. The molecule has 3 aromatic rings. The van der Waals surface area contributed by atoms with Gasteiger partial charge in [0.25, 0.3) is 0 Å². The highest BCUT2D eigenvalue weighted by Gasteiger charge is 2.17. The molecular weight excluding hydrogens is 465 g/mol. The zero-order valence-electron chi connectivity index (χ0n) is 16.4. The Morgan fingerprint density at radius 3 is 2.77 bits per heavy atom. The van der Waals surface area contributed by atoms with E-state index < -0.39 is 11.8 Å². The number of aliphatic hydroxyl groups is 1. The fraction of sp³-hybridized carbons (Fsp3) is 0.190. The SMILES string of the molecule is COc1cccc(-c2cc(SNc3ccc(C(=O)OCCCO)c(O)c3)sc2Cl)c1F. The first-order chi connectivity index (χ1) is 14.9. The number of hydrogen-bond donors (Lipinski definition) is 3. The molecule has 0 saturated heterocycles. The number of methoxy groups -OCH3 is 1. The van der Waals surface area contributed by atoms with Crippen molar-refractivity contribution in [3.05, 3.63) is 58.2 Å². The molecule has 6 nitrogen and oxygen atoms in total. The molecule has 0 bridgehead atoms. The summed E-state index contributed by atoms with van der Waals surface area (Å²) < 4.78 is 28.8. The zero-order chi connectivity index (χ0) is 22.4. The molecule has 0 aliphatic carbocycles. The van der Waals surface area contributed by atoms with Gasteiger partial charge in [-0.25, -0.2) is 9.18 Å². The van der Waals surface area contributed by atoms with Crippen LogP contribution in [0, 0.1) is 5.82 Å². The van der Waals surface area contributed by atoms with Gasteiger partial charge in [-0.05, 0) is 36.2 Å². The third kappa shape index (κ3) is 5.62. The Hall–Kier alpha value is -2.46. The zero-order valence-corrected chi connectivity index (χ0v) is 18.7. The predicted octanol–water partition coefficient (Wildman–Crippen LogP) is 5.58. The number of benzene rings is 2. The van der Waals surface area contributed by atoms with E-state index in [0.29, 0.717) is 27.6 Å². The summed E-state index contributed by atoms with van der Waals surface area (Å²) in [4.78, 5) is 11.9. The Labute approximate surface area is 191 Å². The van der Waals surface area contributed by atoms with Gasteiger partial charge < -0.3 is 24.4 Å². The monoisotopic (exact) mass is 483 g/mol. The van der Waals surface area contributed by atoms with Crippen molar-refractivity contribution >= 4 is 46.5 Å². The van der Waals surface area contributed by atoms with Crippen LogP contribution in [0.3, 0.4) is 0 Å². The van der Waals surface area contributed by atoms with Gasteiger partial charge in [-0.3, -0.25) is 0 Å². The third-order valence-corrected chi connectivity index (χ3v) is 6.47. The summed E-state index contributed by atoms with van der Waals surface area (Å²) >= 11 is 8.83. The van der Waals surface area contributed by atoms with Crippen LogP contribution in [0.2, 0.25) is 4.34 Å². The quantitative estimate of drug-likeness (QED) is 0.208. The molecule has 0 fully saturated rings. The number of esters is 1. The van der Waals surface area contributed by atoms with Crippen molar-refractivity contribution < 1.29 is 28.9 Å². The van der Waals surface area contributed by atoms with E-state index in [1.165, 1.54) is 48.6 Å². The molecule has 1 heterocycles. The van der Waals surface area contributed by atoms with Crippen molar-refractivity contribution in [2.75, 3.05) is 25.0 Å². The van der Waals surface area contributed by atoms with Crippen molar-refractivity contribution in [3.8, 4) is 22.6 Å². The predicted molar refractivity (Wildman–Crippen MR) is 121 cm³/mol. The topological polar surface area (TPSA) is 88.0 Å². The average molecular weight is 484 g/mol. The first-order valence-electron chi connectivity index (χ1n) is 9.10. The molecule has 0 saturated carbocycles. The van der Waals surface area contributed by atoms with Crippen LogP contribution in [0.4, 0.5) is 10.1 Å². The Morgan fingerprint density at radius 2 is 2.06 bits per heavy atom. The number of aliphatic hydroxyl groups excluding tert-OH is 1. The Bertz CT molecular complexity index is 1080. The average Bonchev–Trinajstić information content (AvgIpc) is 3.13. The Balaban J connectivity index is 1.69. The molecule has 0 radical (unpaired) electrons. The lowest BCUT2D eigenvalue weighted by molar-refractivity contribution is 0.0479.